The van der Waals surface area contributed by atoms with Crippen LogP contribution < -0.4 is 0 Å². The molecule has 1 saturated heterocycles. The Morgan fingerprint density at radius 1 is 1.46 bits per heavy atom. The van der Waals surface area contributed by atoms with Crippen LogP contribution in [0.2, 0.25) is 0 Å². The lowest BCUT2D eigenvalue weighted by Crippen LogP contribution is -1.98. The average Bonchev–Trinajstić information content (AvgIpc) is 2.65. The number of hydrogen-bond acceptors (Lipinski definition) is 3. The van der Waals surface area contributed by atoms with Crippen LogP contribution in [0.1, 0.15) is 17.4 Å². The van der Waals surface area contributed by atoms with Gasteiger partial charge in [-0.25, -0.2) is 4.98 Å². The van der Waals surface area contributed by atoms with Crippen molar-refractivity contribution in [2.24, 2.45) is 11.8 Å². The van der Waals surface area contributed by atoms with Crippen molar-refractivity contribution in [1.82, 2.24) is 4.98 Å². The van der Waals surface area contributed by atoms with Gasteiger partial charge in [0, 0.05) is 11.2 Å². The van der Waals surface area contributed by atoms with Gasteiger partial charge in [0.2, 0.25) is 0 Å². The molecule has 0 radical (unpaired) electrons. The largest absolute Gasteiger partial charge is 0.448 e. The Morgan fingerprint density at radius 2 is 2.23 bits per heavy atom. The molecule has 0 bridgehead atoms. The molecule has 2 atom stereocenters. The molecule has 3 rings (SSSR count). The third-order valence-corrected chi connectivity index (χ3v) is 3.59. The number of fused-ring (bicyclic) bond motifs is 1. The first-order valence-electron chi connectivity index (χ1n) is 4.47. The third kappa shape index (κ3) is 1.08. The van der Waals surface area contributed by atoms with Crippen LogP contribution in [0.4, 0.5) is 0 Å². The quantitative estimate of drug-likeness (QED) is 0.745. The Labute approximate surface area is 84.6 Å². The molecule has 1 aliphatic carbocycles. The first kappa shape index (κ1) is 8.00. The van der Waals surface area contributed by atoms with Crippen LogP contribution in [0.3, 0.4) is 0 Å². The molecule has 1 aromatic rings. The minimum Gasteiger partial charge on any atom is -0.448 e. The summed E-state index contributed by atoms with van der Waals surface area (Å²) in [4.78, 5) is 4.17. The second-order valence-electron chi connectivity index (χ2n) is 3.69. The standard InChI is InChI=1S/C9H10BrNO2/c10-1-7-9(13-4-11-7)8-5-2-12-3-6(5)8/h4-6,8H,1-3H2. The summed E-state index contributed by atoms with van der Waals surface area (Å²) in [6, 6.07) is 0. The van der Waals surface area contributed by atoms with Crippen LogP contribution in [-0.2, 0) is 10.1 Å². The van der Waals surface area contributed by atoms with E-state index in [1.165, 1.54) is 0 Å². The van der Waals surface area contributed by atoms with Gasteiger partial charge in [0.15, 0.2) is 6.39 Å². The molecule has 70 valence electrons. The van der Waals surface area contributed by atoms with Gasteiger partial charge in [-0.1, -0.05) is 15.9 Å². The van der Waals surface area contributed by atoms with Crippen molar-refractivity contribution in [3.05, 3.63) is 17.8 Å². The highest BCUT2D eigenvalue weighted by molar-refractivity contribution is 9.08. The maximum atomic E-state index is 5.42. The van der Waals surface area contributed by atoms with Crippen molar-refractivity contribution >= 4 is 15.9 Å². The lowest BCUT2D eigenvalue weighted by Gasteiger charge is -2.01. The average molecular weight is 244 g/mol. The summed E-state index contributed by atoms with van der Waals surface area (Å²) in [6.07, 6.45) is 1.54. The van der Waals surface area contributed by atoms with Crippen LogP contribution in [-0.4, -0.2) is 18.2 Å². The molecule has 1 aromatic heterocycles. The van der Waals surface area contributed by atoms with Crippen molar-refractivity contribution in [2.75, 3.05) is 13.2 Å². The molecule has 0 amide bonds. The number of halogens is 1. The van der Waals surface area contributed by atoms with Gasteiger partial charge >= 0.3 is 0 Å². The fraction of sp³-hybridized carbons (Fsp3) is 0.667. The summed E-state index contributed by atoms with van der Waals surface area (Å²) < 4.78 is 10.8. The minimum absolute atomic E-state index is 0.587. The van der Waals surface area contributed by atoms with E-state index >= 15 is 0 Å². The second-order valence-corrected chi connectivity index (χ2v) is 4.25. The number of nitrogens with zero attached hydrogens (tertiary/aromatic N) is 1. The zero-order valence-electron chi connectivity index (χ0n) is 7.07. The SMILES string of the molecule is BrCc1ncoc1C1C2COCC21. The van der Waals surface area contributed by atoms with E-state index in [2.05, 4.69) is 20.9 Å². The zero-order valence-corrected chi connectivity index (χ0v) is 8.66. The zero-order chi connectivity index (χ0) is 8.84. The summed E-state index contributed by atoms with van der Waals surface area (Å²) in [7, 11) is 0. The van der Waals surface area contributed by atoms with E-state index < -0.39 is 0 Å². The Kier molecular flexibility index (Phi) is 1.73. The Balaban J connectivity index is 1.86. The highest BCUT2D eigenvalue weighted by Gasteiger charge is 2.57. The van der Waals surface area contributed by atoms with Gasteiger partial charge in [0.1, 0.15) is 5.76 Å². The highest BCUT2D eigenvalue weighted by atomic mass is 79.9. The summed E-state index contributed by atoms with van der Waals surface area (Å²) in [5.74, 6) is 3.07. The summed E-state index contributed by atoms with van der Waals surface area (Å²) in [5, 5.41) is 0.787. The summed E-state index contributed by atoms with van der Waals surface area (Å²) >= 11 is 3.41. The number of aromatic nitrogens is 1. The molecule has 0 aromatic carbocycles. The summed E-state index contributed by atoms with van der Waals surface area (Å²) in [6.45, 7) is 1.80. The number of hydrogen-bond donors (Lipinski definition) is 0. The van der Waals surface area contributed by atoms with Crippen LogP contribution in [0.15, 0.2) is 10.8 Å². The molecule has 2 unspecified atom stereocenters. The maximum absolute atomic E-state index is 5.42. The lowest BCUT2D eigenvalue weighted by molar-refractivity contribution is 0.157. The van der Waals surface area contributed by atoms with E-state index in [1.54, 1.807) is 6.39 Å². The van der Waals surface area contributed by atoms with Gasteiger partial charge < -0.3 is 9.15 Å². The fourth-order valence-corrected chi connectivity index (χ4v) is 2.70. The first-order chi connectivity index (χ1) is 6.42. The van der Waals surface area contributed by atoms with Gasteiger partial charge in [-0.3, -0.25) is 0 Å². The Hall–Kier alpha value is -0.350. The second kappa shape index (κ2) is 2.82. The van der Waals surface area contributed by atoms with Crippen LogP contribution in [0.5, 0.6) is 0 Å². The van der Waals surface area contributed by atoms with Gasteiger partial charge in [0.25, 0.3) is 0 Å². The van der Waals surface area contributed by atoms with Crippen molar-refractivity contribution in [2.45, 2.75) is 11.2 Å². The molecule has 0 spiro atoms. The third-order valence-electron chi connectivity index (χ3n) is 3.05. The van der Waals surface area contributed by atoms with Crippen molar-refractivity contribution in [3.63, 3.8) is 0 Å². The predicted molar refractivity (Wildman–Crippen MR) is 49.7 cm³/mol. The number of oxazole rings is 1. The molecule has 3 nitrogen and oxygen atoms in total. The molecule has 1 saturated carbocycles. The fourth-order valence-electron chi connectivity index (χ4n) is 2.28. The van der Waals surface area contributed by atoms with Gasteiger partial charge in [-0.05, 0) is 11.8 Å². The number of ether oxygens (including phenoxy) is 1. The molecular weight excluding hydrogens is 234 g/mol. The molecule has 1 aliphatic heterocycles. The van der Waals surface area contributed by atoms with E-state index in [4.69, 9.17) is 9.15 Å². The topological polar surface area (TPSA) is 35.3 Å². The molecule has 4 heteroatoms. The van der Waals surface area contributed by atoms with Crippen LogP contribution in [0, 0.1) is 11.8 Å². The molecule has 2 heterocycles. The minimum atomic E-state index is 0.587. The van der Waals surface area contributed by atoms with E-state index in [-0.39, 0.29) is 0 Å². The van der Waals surface area contributed by atoms with Gasteiger partial charge in [-0.2, -0.15) is 0 Å². The van der Waals surface area contributed by atoms with E-state index in [0.29, 0.717) is 17.8 Å². The lowest BCUT2D eigenvalue weighted by atomic mass is 10.2. The van der Waals surface area contributed by atoms with Crippen LogP contribution >= 0.6 is 15.9 Å². The predicted octanol–water partition coefficient (Wildman–Crippen LogP) is 1.93. The molecule has 2 aliphatic rings. The molecule has 2 fully saturated rings. The molecule has 13 heavy (non-hydrogen) atoms. The summed E-state index contributed by atoms with van der Waals surface area (Å²) in [5.41, 5.74) is 1.06. The smallest absolute Gasteiger partial charge is 0.181 e. The Morgan fingerprint density at radius 3 is 2.92 bits per heavy atom. The molecule has 0 N–H and O–H groups in total. The van der Waals surface area contributed by atoms with Gasteiger partial charge in [0.05, 0.1) is 18.9 Å². The monoisotopic (exact) mass is 243 g/mol. The van der Waals surface area contributed by atoms with Crippen LogP contribution in [0.25, 0.3) is 0 Å². The van der Waals surface area contributed by atoms with E-state index in [0.717, 1.165) is 30.0 Å². The maximum Gasteiger partial charge on any atom is 0.181 e. The molecular formula is C9H10BrNO2. The first-order valence-corrected chi connectivity index (χ1v) is 5.60. The van der Waals surface area contributed by atoms with Crippen molar-refractivity contribution < 1.29 is 9.15 Å². The number of rotatable bonds is 2. The highest BCUT2D eigenvalue weighted by Crippen LogP contribution is 2.58. The van der Waals surface area contributed by atoms with Crippen molar-refractivity contribution in [3.8, 4) is 0 Å². The van der Waals surface area contributed by atoms with E-state index in [1.807, 2.05) is 0 Å². The van der Waals surface area contributed by atoms with Crippen molar-refractivity contribution in [1.29, 1.82) is 0 Å². The normalized spacial score (nSPS) is 36.2. The number of alkyl halides is 1. The van der Waals surface area contributed by atoms with Gasteiger partial charge in [-0.15, -0.1) is 0 Å². The van der Waals surface area contributed by atoms with E-state index in [9.17, 15) is 0 Å². The Bertz CT molecular complexity index is 315.